The first-order valence-electron chi connectivity index (χ1n) is 12.6. The van der Waals surface area contributed by atoms with Crippen LogP contribution in [0.5, 0.6) is 11.5 Å². The molecule has 0 radical (unpaired) electrons. The fraction of sp³-hybridized carbons (Fsp3) is 0.300. The van der Waals surface area contributed by atoms with Crippen LogP contribution in [0.2, 0.25) is 0 Å². The third-order valence-corrected chi connectivity index (χ3v) is 7.52. The number of carbonyl (C=O) groups is 1. The number of ether oxygens (including phenoxy) is 2. The summed E-state index contributed by atoms with van der Waals surface area (Å²) in [4.78, 5) is 34.7. The maximum absolute atomic E-state index is 14.1. The number of para-hydroxylation sites is 1. The lowest BCUT2D eigenvalue weighted by molar-refractivity contribution is 0.0677. The predicted molar refractivity (Wildman–Crippen MR) is 154 cm³/mol. The Labute approximate surface area is 231 Å². The Balaban J connectivity index is 2.00. The van der Waals surface area contributed by atoms with E-state index in [2.05, 4.69) is 22.9 Å². The van der Waals surface area contributed by atoms with Crippen LogP contribution in [0.15, 0.2) is 69.9 Å². The molecule has 1 unspecified atom stereocenters. The normalized spacial score (nSPS) is 11.8. The lowest BCUT2D eigenvalue weighted by Gasteiger charge is -2.31. The van der Waals surface area contributed by atoms with E-state index in [-0.39, 0.29) is 11.5 Å². The van der Waals surface area contributed by atoms with Crippen LogP contribution < -0.4 is 15.0 Å². The van der Waals surface area contributed by atoms with Gasteiger partial charge in [0.2, 0.25) is 0 Å². The van der Waals surface area contributed by atoms with Crippen LogP contribution in [0.1, 0.15) is 54.5 Å². The number of fused-ring (bicyclic) bond motifs is 1. The second-order valence-corrected chi connectivity index (χ2v) is 9.93. The highest BCUT2D eigenvalue weighted by Crippen LogP contribution is 2.37. The molecule has 0 saturated carbocycles. The highest BCUT2D eigenvalue weighted by atomic mass is 79.9. The zero-order valence-electron chi connectivity index (χ0n) is 22.3. The Kier molecular flexibility index (Phi) is 8.52. The third kappa shape index (κ3) is 5.18. The van der Waals surface area contributed by atoms with E-state index in [4.69, 9.17) is 14.5 Å². The standard InChI is InChI=1S/C30H32BrN3O4/c1-6-7-16-33(29(35)22-13-9-8-12-19(22)2)20(3)28-32-24-15-11-10-14-23(24)30(36)34(28)25-17-21(37-4)18-26(38-5)27(25)31/h8-15,17-18,20H,6-7,16H2,1-5H3. The Morgan fingerprint density at radius 1 is 1.08 bits per heavy atom. The second kappa shape index (κ2) is 11.8. The Morgan fingerprint density at radius 2 is 1.79 bits per heavy atom. The van der Waals surface area contributed by atoms with Crippen LogP contribution in [-0.4, -0.2) is 41.1 Å². The summed E-state index contributed by atoms with van der Waals surface area (Å²) >= 11 is 3.63. The highest BCUT2D eigenvalue weighted by molar-refractivity contribution is 9.10. The molecule has 0 bridgehead atoms. The van der Waals surface area contributed by atoms with Crippen molar-refractivity contribution >= 4 is 32.7 Å². The molecule has 4 rings (SSSR count). The molecule has 198 valence electrons. The van der Waals surface area contributed by atoms with E-state index in [1.165, 1.54) is 0 Å². The number of unbranched alkanes of at least 4 members (excludes halogenated alkanes) is 1. The van der Waals surface area contributed by atoms with Crippen molar-refractivity contribution < 1.29 is 14.3 Å². The summed E-state index contributed by atoms with van der Waals surface area (Å²) in [6, 6.07) is 17.8. The Morgan fingerprint density at radius 3 is 2.47 bits per heavy atom. The Hall–Kier alpha value is -3.65. The minimum Gasteiger partial charge on any atom is -0.497 e. The van der Waals surface area contributed by atoms with Crippen molar-refractivity contribution in [2.75, 3.05) is 20.8 Å². The number of nitrogens with zero attached hydrogens (tertiary/aromatic N) is 3. The Bertz CT molecular complexity index is 1530. The van der Waals surface area contributed by atoms with E-state index in [0.29, 0.717) is 50.5 Å². The lowest BCUT2D eigenvalue weighted by Crippen LogP contribution is -2.38. The summed E-state index contributed by atoms with van der Waals surface area (Å²) < 4.78 is 13.2. The minimum atomic E-state index is -0.518. The first kappa shape index (κ1) is 27.4. The summed E-state index contributed by atoms with van der Waals surface area (Å²) in [7, 11) is 3.12. The zero-order chi connectivity index (χ0) is 27.4. The van der Waals surface area contributed by atoms with Crippen LogP contribution in [0.4, 0.5) is 0 Å². The molecule has 0 aliphatic carbocycles. The van der Waals surface area contributed by atoms with Crippen LogP contribution in [0.25, 0.3) is 16.6 Å². The number of hydrogen-bond acceptors (Lipinski definition) is 5. The van der Waals surface area contributed by atoms with Gasteiger partial charge in [0.25, 0.3) is 11.5 Å². The van der Waals surface area contributed by atoms with Gasteiger partial charge in [-0.1, -0.05) is 43.7 Å². The van der Waals surface area contributed by atoms with Gasteiger partial charge in [0.15, 0.2) is 0 Å². The highest BCUT2D eigenvalue weighted by Gasteiger charge is 2.29. The van der Waals surface area contributed by atoms with E-state index >= 15 is 0 Å². The van der Waals surface area contributed by atoms with Crippen molar-refractivity contribution in [3.8, 4) is 17.2 Å². The maximum Gasteiger partial charge on any atom is 0.266 e. The van der Waals surface area contributed by atoms with E-state index in [0.717, 1.165) is 18.4 Å². The first-order chi connectivity index (χ1) is 18.3. The third-order valence-electron chi connectivity index (χ3n) is 6.72. The average Bonchev–Trinajstić information content (AvgIpc) is 2.93. The fourth-order valence-electron chi connectivity index (χ4n) is 4.56. The largest absolute Gasteiger partial charge is 0.497 e. The van der Waals surface area contributed by atoms with Gasteiger partial charge in [-0.05, 0) is 60.0 Å². The van der Waals surface area contributed by atoms with Gasteiger partial charge < -0.3 is 14.4 Å². The SMILES string of the molecule is CCCCN(C(=O)c1ccccc1C)C(C)c1nc2ccccc2c(=O)n1-c1cc(OC)cc(OC)c1Br. The first-order valence-corrected chi connectivity index (χ1v) is 13.4. The number of rotatable bonds is 9. The molecular weight excluding hydrogens is 546 g/mol. The van der Waals surface area contributed by atoms with Crippen LogP contribution in [0.3, 0.4) is 0 Å². The van der Waals surface area contributed by atoms with Crippen molar-refractivity contribution in [3.05, 3.63) is 92.4 Å². The topological polar surface area (TPSA) is 73.7 Å². The molecule has 0 spiro atoms. The van der Waals surface area contributed by atoms with Gasteiger partial charge in [0, 0.05) is 24.2 Å². The van der Waals surface area contributed by atoms with Gasteiger partial charge in [-0.25, -0.2) is 4.98 Å². The van der Waals surface area contributed by atoms with Crippen LogP contribution in [0, 0.1) is 6.92 Å². The van der Waals surface area contributed by atoms with E-state index in [9.17, 15) is 9.59 Å². The number of hydrogen-bond donors (Lipinski definition) is 0. The monoisotopic (exact) mass is 577 g/mol. The number of benzene rings is 3. The predicted octanol–water partition coefficient (Wildman–Crippen LogP) is 6.48. The number of aromatic nitrogens is 2. The van der Waals surface area contributed by atoms with Crippen LogP contribution in [-0.2, 0) is 0 Å². The molecule has 0 saturated heterocycles. The van der Waals surface area contributed by atoms with Crippen molar-refractivity contribution in [1.82, 2.24) is 14.5 Å². The van der Waals surface area contributed by atoms with Crippen molar-refractivity contribution in [2.24, 2.45) is 0 Å². The molecule has 1 amide bonds. The number of halogens is 1. The summed E-state index contributed by atoms with van der Waals surface area (Å²) in [6.07, 6.45) is 1.73. The van der Waals surface area contributed by atoms with Gasteiger partial charge in [-0.2, -0.15) is 0 Å². The van der Waals surface area contributed by atoms with Gasteiger partial charge >= 0.3 is 0 Å². The zero-order valence-corrected chi connectivity index (χ0v) is 23.9. The molecule has 0 aliphatic heterocycles. The molecule has 4 aromatic rings. The lowest BCUT2D eigenvalue weighted by atomic mass is 10.1. The maximum atomic E-state index is 14.1. The van der Waals surface area contributed by atoms with Gasteiger partial charge in [0.1, 0.15) is 17.3 Å². The molecule has 0 N–H and O–H groups in total. The summed E-state index contributed by atoms with van der Waals surface area (Å²) in [5.41, 5.74) is 2.38. The molecule has 38 heavy (non-hydrogen) atoms. The average molecular weight is 579 g/mol. The fourth-order valence-corrected chi connectivity index (χ4v) is 5.13. The molecule has 1 atom stereocenters. The number of aryl methyl sites for hydroxylation is 1. The molecule has 3 aromatic carbocycles. The summed E-state index contributed by atoms with van der Waals surface area (Å²) in [5.74, 6) is 1.39. The van der Waals surface area contributed by atoms with E-state index in [1.807, 2.05) is 61.2 Å². The quantitative estimate of drug-likeness (QED) is 0.228. The van der Waals surface area contributed by atoms with Gasteiger partial charge in [-0.15, -0.1) is 0 Å². The van der Waals surface area contributed by atoms with Crippen molar-refractivity contribution in [1.29, 1.82) is 0 Å². The number of carbonyl (C=O) groups excluding carboxylic acids is 1. The second-order valence-electron chi connectivity index (χ2n) is 9.13. The summed E-state index contributed by atoms with van der Waals surface area (Å²) in [5, 5.41) is 0.475. The molecule has 8 heteroatoms. The van der Waals surface area contributed by atoms with Gasteiger partial charge in [-0.3, -0.25) is 14.2 Å². The van der Waals surface area contributed by atoms with Crippen molar-refractivity contribution in [3.63, 3.8) is 0 Å². The van der Waals surface area contributed by atoms with E-state index < -0.39 is 6.04 Å². The molecule has 1 heterocycles. The molecule has 0 fully saturated rings. The smallest absolute Gasteiger partial charge is 0.266 e. The van der Waals surface area contributed by atoms with Gasteiger partial charge in [0.05, 0.1) is 41.3 Å². The molecule has 0 aliphatic rings. The van der Waals surface area contributed by atoms with Crippen LogP contribution >= 0.6 is 15.9 Å². The molecular formula is C30H32BrN3O4. The number of methoxy groups -OCH3 is 2. The van der Waals surface area contributed by atoms with E-state index in [1.54, 1.807) is 37.0 Å². The minimum absolute atomic E-state index is 0.0969. The molecule has 7 nitrogen and oxygen atoms in total. The number of amides is 1. The summed E-state index contributed by atoms with van der Waals surface area (Å²) in [6.45, 7) is 6.46. The van der Waals surface area contributed by atoms with Crippen molar-refractivity contribution in [2.45, 2.75) is 39.7 Å². The molecule has 1 aromatic heterocycles.